The molecular weight excluding hydrogens is 284 g/mol. The number of rotatable bonds is 5. The number of hydrogen-bond donors (Lipinski definition) is 1. The van der Waals surface area contributed by atoms with E-state index in [1.54, 1.807) is 0 Å². The van der Waals surface area contributed by atoms with Crippen molar-refractivity contribution in [3.05, 3.63) is 42.0 Å². The van der Waals surface area contributed by atoms with Gasteiger partial charge in [-0.2, -0.15) is 0 Å². The first kappa shape index (κ1) is 17.5. The van der Waals surface area contributed by atoms with Crippen molar-refractivity contribution in [3.63, 3.8) is 0 Å². The number of aliphatic hydroxyl groups is 1. The van der Waals surface area contributed by atoms with Crippen molar-refractivity contribution in [2.75, 3.05) is 0 Å². The second kappa shape index (κ2) is 7.14. The minimum atomic E-state index is -1.99. The summed E-state index contributed by atoms with van der Waals surface area (Å²) in [5.74, 6) is 0.674. The van der Waals surface area contributed by atoms with Gasteiger partial charge in [-0.3, -0.25) is 0 Å². The molecule has 2 rings (SSSR count). The van der Waals surface area contributed by atoms with Gasteiger partial charge in [-0.15, -0.1) is 0 Å². The van der Waals surface area contributed by atoms with Crippen LogP contribution in [0.3, 0.4) is 0 Å². The van der Waals surface area contributed by atoms with E-state index in [0.29, 0.717) is 5.92 Å². The fourth-order valence-electron chi connectivity index (χ4n) is 4.10. The predicted molar refractivity (Wildman–Crippen MR) is 99.1 cm³/mol. The summed E-state index contributed by atoms with van der Waals surface area (Å²) in [6, 6.07) is 10.6. The Kier molecular flexibility index (Phi) is 5.68. The largest absolute Gasteiger partial charge is 0.389 e. The van der Waals surface area contributed by atoms with Gasteiger partial charge in [0.25, 0.3) is 0 Å². The van der Waals surface area contributed by atoms with E-state index in [1.165, 1.54) is 42.9 Å². The van der Waals surface area contributed by atoms with E-state index in [-0.39, 0.29) is 0 Å². The molecular formula is C20H32OSi. The molecule has 0 saturated heterocycles. The maximum atomic E-state index is 11.6. The second-order valence-electron chi connectivity index (χ2n) is 7.45. The lowest BCUT2D eigenvalue weighted by molar-refractivity contribution is 0.149. The van der Waals surface area contributed by atoms with Gasteiger partial charge in [-0.25, -0.2) is 0 Å². The van der Waals surface area contributed by atoms with E-state index in [4.69, 9.17) is 0 Å². The topological polar surface area (TPSA) is 20.2 Å². The highest BCUT2D eigenvalue weighted by Gasteiger charge is 2.46. The number of allylic oxidation sites excluding steroid dienone is 1. The van der Waals surface area contributed by atoms with Crippen LogP contribution in [0.5, 0.6) is 0 Å². The lowest BCUT2D eigenvalue weighted by Gasteiger charge is -2.42. The Morgan fingerprint density at radius 2 is 1.77 bits per heavy atom. The molecule has 22 heavy (non-hydrogen) atoms. The van der Waals surface area contributed by atoms with Crippen molar-refractivity contribution < 1.29 is 5.11 Å². The van der Waals surface area contributed by atoms with Crippen LogP contribution in [0.1, 0.15) is 52.4 Å². The summed E-state index contributed by atoms with van der Waals surface area (Å²) in [6.07, 6.45) is 9.87. The summed E-state index contributed by atoms with van der Waals surface area (Å²) in [7, 11) is -1.99. The molecule has 0 heterocycles. The van der Waals surface area contributed by atoms with Crippen LogP contribution in [0.2, 0.25) is 13.1 Å². The quantitative estimate of drug-likeness (QED) is 0.610. The van der Waals surface area contributed by atoms with Crippen molar-refractivity contribution in [2.45, 2.75) is 70.7 Å². The summed E-state index contributed by atoms with van der Waals surface area (Å²) in [5.41, 5.74) is 1.21. The van der Waals surface area contributed by atoms with Gasteiger partial charge < -0.3 is 5.11 Å². The fourth-order valence-corrected chi connectivity index (χ4v) is 7.56. The second-order valence-corrected chi connectivity index (χ2v) is 12.1. The van der Waals surface area contributed by atoms with Crippen LogP contribution in [0.15, 0.2) is 42.0 Å². The molecule has 0 amide bonds. The lowest BCUT2D eigenvalue weighted by atomic mass is 9.87. The SMILES string of the molecule is CC[C@@](O)(/C(C)=C/C1CCCCC1)[Si](C)(C)c1ccccc1. The standard InChI is InChI=1S/C20H32OSi/c1-5-20(21,17(2)16-18-12-8-6-9-13-18)22(3,4)19-14-10-7-11-15-19/h7,10-11,14-16,18,21H,5-6,8-9,12-13H2,1-4H3/b17-16+/t20-/m0/s1. The molecule has 0 spiro atoms. The third-order valence-electron chi connectivity index (χ3n) is 5.83. The maximum absolute atomic E-state index is 11.6. The Bertz CT molecular complexity index is 500. The lowest BCUT2D eigenvalue weighted by Crippen LogP contribution is -2.62. The van der Waals surface area contributed by atoms with E-state index in [9.17, 15) is 5.11 Å². The molecule has 0 unspecified atom stereocenters. The molecule has 0 bridgehead atoms. The molecule has 2 heteroatoms. The average molecular weight is 317 g/mol. The Hall–Kier alpha value is -0.863. The van der Waals surface area contributed by atoms with Gasteiger partial charge in [0.15, 0.2) is 0 Å². The third-order valence-corrected chi connectivity index (χ3v) is 10.4. The molecule has 0 aliphatic heterocycles. The molecule has 122 valence electrons. The summed E-state index contributed by atoms with van der Waals surface area (Å²) in [6.45, 7) is 8.92. The molecule has 1 aliphatic rings. The first-order valence-electron chi connectivity index (χ1n) is 8.88. The molecule has 1 saturated carbocycles. The highest BCUT2D eigenvalue weighted by molar-refractivity contribution is 6.92. The highest BCUT2D eigenvalue weighted by atomic mass is 28.3. The smallest absolute Gasteiger partial charge is 0.122 e. The van der Waals surface area contributed by atoms with Crippen LogP contribution >= 0.6 is 0 Å². The molecule has 1 fully saturated rings. The van der Waals surface area contributed by atoms with Crippen molar-refractivity contribution in [3.8, 4) is 0 Å². The summed E-state index contributed by atoms with van der Waals surface area (Å²) >= 11 is 0. The van der Waals surface area contributed by atoms with Gasteiger partial charge >= 0.3 is 0 Å². The van der Waals surface area contributed by atoms with E-state index in [2.05, 4.69) is 63.3 Å². The van der Waals surface area contributed by atoms with Crippen molar-refractivity contribution >= 4 is 13.3 Å². The molecule has 0 radical (unpaired) electrons. The van der Waals surface area contributed by atoms with Gasteiger partial charge in [0.1, 0.15) is 8.07 Å². The molecule has 1 aliphatic carbocycles. The van der Waals surface area contributed by atoms with E-state index < -0.39 is 13.3 Å². The minimum absolute atomic E-state index is 0.647. The average Bonchev–Trinajstić information content (AvgIpc) is 2.55. The van der Waals surface area contributed by atoms with Crippen molar-refractivity contribution in [2.24, 2.45) is 5.92 Å². The zero-order valence-electron chi connectivity index (χ0n) is 14.7. The molecule has 1 nitrogen and oxygen atoms in total. The van der Waals surface area contributed by atoms with Gasteiger partial charge in [-0.05, 0) is 37.7 Å². The van der Waals surface area contributed by atoms with Crippen LogP contribution in [-0.4, -0.2) is 18.4 Å². The highest BCUT2D eigenvalue weighted by Crippen LogP contribution is 2.34. The maximum Gasteiger partial charge on any atom is 0.122 e. The first-order chi connectivity index (χ1) is 10.4. The van der Waals surface area contributed by atoms with E-state index >= 15 is 0 Å². The number of hydrogen-bond acceptors (Lipinski definition) is 1. The van der Waals surface area contributed by atoms with Gasteiger partial charge in [0.2, 0.25) is 0 Å². The van der Waals surface area contributed by atoms with Crippen molar-refractivity contribution in [1.82, 2.24) is 0 Å². The third kappa shape index (κ3) is 3.38. The van der Waals surface area contributed by atoms with Crippen molar-refractivity contribution in [1.29, 1.82) is 0 Å². The summed E-state index contributed by atoms with van der Waals surface area (Å²) in [5, 5.41) is 12.3. The van der Waals surface area contributed by atoms with Crippen LogP contribution in [0.25, 0.3) is 0 Å². The summed E-state index contributed by atoms with van der Waals surface area (Å²) in [4.78, 5) is 0. The minimum Gasteiger partial charge on any atom is -0.389 e. The van der Waals surface area contributed by atoms with Crippen LogP contribution in [-0.2, 0) is 0 Å². The molecule has 1 N–H and O–H groups in total. The van der Waals surface area contributed by atoms with Gasteiger partial charge in [-0.1, -0.05) is 80.9 Å². The van der Waals surface area contributed by atoms with Crippen LogP contribution < -0.4 is 5.19 Å². The van der Waals surface area contributed by atoms with E-state index in [0.717, 1.165) is 6.42 Å². The normalized spacial score (nSPS) is 20.7. The van der Waals surface area contributed by atoms with E-state index in [1.807, 2.05) is 0 Å². The fraction of sp³-hybridized carbons (Fsp3) is 0.600. The zero-order chi connectivity index (χ0) is 16.2. The van der Waals surface area contributed by atoms with Gasteiger partial charge in [0.05, 0.1) is 5.22 Å². The Morgan fingerprint density at radius 3 is 2.32 bits per heavy atom. The Balaban J connectivity index is 2.32. The molecule has 1 aromatic rings. The first-order valence-corrected chi connectivity index (χ1v) is 11.9. The molecule has 1 aromatic carbocycles. The predicted octanol–water partition coefficient (Wildman–Crippen LogP) is 4.81. The number of benzene rings is 1. The Labute approximate surface area is 137 Å². The zero-order valence-corrected chi connectivity index (χ0v) is 15.7. The molecule has 0 aromatic heterocycles. The summed E-state index contributed by atoms with van der Waals surface area (Å²) < 4.78 is 0. The van der Waals surface area contributed by atoms with Crippen LogP contribution in [0.4, 0.5) is 0 Å². The van der Waals surface area contributed by atoms with Crippen LogP contribution in [0, 0.1) is 5.92 Å². The van der Waals surface area contributed by atoms with Gasteiger partial charge in [0, 0.05) is 0 Å². The Morgan fingerprint density at radius 1 is 1.18 bits per heavy atom. The monoisotopic (exact) mass is 316 g/mol. The molecule has 1 atom stereocenters.